The predicted octanol–water partition coefficient (Wildman–Crippen LogP) is 3.60. The lowest BCUT2D eigenvalue weighted by Crippen LogP contribution is -2.28. The van der Waals surface area contributed by atoms with E-state index in [2.05, 4.69) is 4.72 Å². The maximum atomic E-state index is 13.0. The zero-order chi connectivity index (χ0) is 20.3. The summed E-state index contributed by atoms with van der Waals surface area (Å²) < 4.78 is 34.1. The molecule has 0 radical (unpaired) electrons. The summed E-state index contributed by atoms with van der Waals surface area (Å²) in [6.45, 7) is 5.21. The molecule has 3 rings (SSSR count). The van der Waals surface area contributed by atoms with E-state index in [-0.39, 0.29) is 16.4 Å². The van der Waals surface area contributed by atoms with Crippen LogP contribution in [0.15, 0.2) is 41.3 Å². The molecule has 28 heavy (non-hydrogen) atoms. The van der Waals surface area contributed by atoms with Crippen molar-refractivity contribution in [3.63, 3.8) is 0 Å². The summed E-state index contributed by atoms with van der Waals surface area (Å²) in [5.74, 6) is 0.178. The van der Waals surface area contributed by atoms with Crippen LogP contribution in [0.4, 0.5) is 5.69 Å². The molecule has 1 N–H and O–H groups in total. The average molecular weight is 403 g/mol. The van der Waals surface area contributed by atoms with Crippen LogP contribution in [0, 0.1) is 6.92 Å². The molecule has 150 valence electrons. The number of ether oxygens (including phenoxy) is 1. The maximum absolute atomic E-state index is 13.0. The standard InChI is InChI=1S/C21H26N2O4S/c1-4-16-9-7-8-15(2)20(16)22-28(25,26)17-10-11-19(27-3)18(14-17)21(24)23-12-5-6-13-23/h7-11,14,22H,4-6,12-13H2,1-3H3. The first-order valence-corrected chi connectivity index (χ1v) is 10.9. The van der Waals surface area contributed by atoms with E-state index in [4.69, 9.17) is 4.74 Å². The van der Waals surface area contributed by atoms with Crippen molar-refractivity contribution in [2.45, 2.75) is 38.0 Å². The van der Waals surface area contributed by atoms with Gasteiger partial charge in [-0.1, -0.05) is 25.1 Å². The van der Waals surface area contributed by atoms with Gasteiger partial charge < -0.3 is 9.64 Å². The summed E-state index contributed by atoms with van der Waals surface area (Å²) >= 11 is 0. The second-order valence-corrected chi connectivity index (χ2v) is 8.61. The van der Waals surface area contributed by atoms with Crippen molar-refractivity contribution in [3.05, 3.63) is 53.1 Å². The topological polar surface area (TPSA) is 75.7 Å². The normalized spacial score (nSPS) is 14.2. The summed E-state index contributed by atoms with van der Waals surface area (Å²) in [6, 6.07) is 10.1. The maximum Gasteiger partial charge on any atom is 0.261 e. The van der Waals surface area contributed by atoms with E-state index < -0.39 is 10.0 Å². The van der Waals surface area contributed by atoms with Gasteiger partial charge in [0.25, 0.3) is 15.9 Å². The third-order valence-corrected chi connectivity index (χ3v) is 6.43. The SMILES string of the molecule is CCc1cccc(C)c1NS(=O)(=O)c1ccc(OC)c(C(=O)N2CCCC2)c1. The molecule has 1 fully saturated rings. The number of para-hydroxylation sites is 1. The highest BCUT2D eigenvalue weighted by molar-refractivity contribution is 7.92. The summed E-state index contributed by atoms with van der Waals surface area (Å²) in [5, 5.41) is 0. The first kappa shape index (κ1) is 20.2. The minimum atomic E-state index is -3.85. The van der Waals surface area contributed by atoms with Crippen molar-refractivity contribution in [2.75, 3.05) is 24.9 Å². The fourth-order valence-electron chi connectivity index (χ4n) is 3.47. The Bertz CT molecular complexity index is 980. The second-order valence-electron chi connectivity index (χ2n) is 6.93. The van der Waals surface area contributed by atoms with Gasteiger partial charge >= 0.3 is 0 Å². The molecule has 0 aliphatic carbocycles. The van der Waals surface area contributed by atoms with Crippen LogP contribution in [0.1, 0.15) is 41.3 Å². The van der Waals surface area contributed by atoms with E-state index in [0.717, 1.165) is 24.0 Å². The molecule has 6 nitrogen and oxygen atoms in total. The first-order chi connectivity index (χ1) is 13.4. The largest absolute Gasteiger partial charge is 0.496 e. The van der Waals surface area contributed by atoms with Crippen molar-refractivity contribution >= 4 is 21.6 Å². The number of anilines is 1. The van der Waals surface area contributed by atoms with Gasteiger partial charge in [-0.25, -0.2) is 8.42 Å². The Labute approximate surface area is 166 Å². The highest BCUT2D eigenvalue weighted by atomic mass is 32.2. The van der Waals surface area contributed by atoms with E-state index in [1.165, 1.54) is 25.3 Å². The third kappa shape index (κ3) is 3.99. The molecule has 7 heteroatoms. The number of aryl methyl sites for hydroxylation is 2. The molecule has 0 bridgehead atoms. The lowest BCUT2D eigenvalue weighted by molar-refractivity contribution is 0.0789. The zero-order valence-corrected chi connectivity index (χ0v) is 17.3. The van der Waals surface area contributed by atoms with Gasteiger partial charge in [-0.05, 0) is 55.5 Å². The number of rotatable bonds is 6. The molecule has 2 aromatic carbocycles. The van der Waals surface area contributed by atoms with Crippen molar-refractivity contribution in [2.24, 2.45) is 0 Å². The number of nitrogens with one attached hydrogen (secondary N) is 1. The molecule has 1 amide bonds. The molecule has 1 saturated heterocycles. The van der Waals surface area contributed by atoms with Gasteiger partial charge in [0.2, 0.25) is 0 Å². The number of amides is 1. The summed E-state index contributed by atoms with van der Waals surface area (Å²) in [7, 11) is -2.37. The number of carbonyl (C=O) groups excluding carboxylic acids is 1. The second kappa shape index (κ2) is 8.22. The van der Waals surface area contributed by atoms with E-state index in [1.54, 1.807) is 4.90 Å². The molecular weight excluding hydrogens is 376 g/mol. The van der Waals surface area contributed by atoms with Crippen molar-refractivity contribution in [1.29, 1.82) is 0 Å². The summed E-state index contributed by atoms with van der Waals surface area (Å²) in [4.78, 5) is 14.6. The van der Waals surface area contributed by atoms with Crippen molar-refractivity contribution in [3.8, 4) is 5.75 Å². The molecule has 2 aromatic rings. The number of methoxy groups -OCH3 is 1. The summed E-state index contributed by atoms with van der Waals surface area (Å²) in [6.07, 6.45) is 2.63. The van der Waals surface area contributed by atoms with E-state index in [0.29, 0.717) is 30.9 Å². The Hall–Kier alpha value is -2.54. The zero-order valence-electron chi connectivity index (χ0n) is 16.5. The third-order valence-electron chi connectivity index (χ3n) is 5.08. The van der Waals surface area contributed by atoms with Crippen LogP contribution in [0.5, 0.6) is 5.75 Å². The molecule has 0 aromatic heterocycles. The molecule has 1 aliphatic heterocycles. The smallest absolute Gasteiger partial charge is 0.261 e. The van der Waals surface area contributed by atoms with Crippen molar-refractivity contribution < 1.29 is 17.9 Å². The van der Waals surface area contributed by atoms with Crippen LogP contribution in [0.3, 0.4) is 0 Å². The van der Waals surface area contributed by atoms with E-state index in [1.807, 2.05) is 32.0 Å². The minimum absolute atomic E-state index is 0.0427. The Morgan fingerprint density at radius 2 is 1.89 bits per heavy atom. The molecule has 1 heterocycles. The Morgan fingerprint density at radius 3 is 2.54 bits per heavy atom. The number of hydrogen-bond acceptors (Lipinski definition) is 4. The van der Waals surface area contributed by atoms with Gasteiger partial charge in [-0.15, -0.1) is 0 Å². The summed E-state index contributed by atoms with van der Waals surface area (Å²) in [5.41, 5.74) is 2.64. The minimum Gasteiger partial charge on any atom is -0.496 e. The fraction of sp³-hybridized carbons (Fsp3) is 0.381. The average Bonchev–Trinajstić information content (AvgIpc) is 3.23. The highest BCUT2D eigenvalue weighted by Crippen LogP contribution is 2.28. The van der Waals surface area contributed by atoms with Gasteiger partial charge in [0.05, 0.1) is 23.3 Å². The number of benzene rings is 2. The monoisotopic (exact) mass is 402 g/mol. The van der Waals surface area contributed by atoms with Gasteiger partial charge in [0.1, 0.15) is 5.75 Å². The Kier molecular flexibility index (Phi) is 5.93. The number of hydrogen-bond donors (Lipinski definition) is 1. The first-order valence-electron chi connectivity index (χ1n) is 9.46. The molecule has 0 spiro atoms. The molecular formula is C21H26N2O4S. The van der Waals surface area contributed by atoms with E-state index in [9.17, 15) is 13.2 Å². The van der Waals surface area contributed by atoms with Crippen LogP contribution in [0.2, 0.25) is 0 Å². The lowest BCUT2D eigenvalue weighted by Gasteiger charge is -2.19. The molecule has 0 atom stereocenters. The van der Waals surface area contributed by atoms with E-state index >= 15 is 0 Å². The highest BCUT2D eigenvalue weighted by Gasteiger charge is 2.25. The van der Waals surface area contributed by atoms with Crippen LogP contribution in [0.25, 0.3) is 0 Å². The van der Waals surface area contributed by atoms with Gasteiger partial charge in [-0.3, -0.25) is 9.52 Å². The number of nitrogens with zero attached hydrogens (tertiary/aromatic N) is 1. The molecule has 0 saturated carbocycles. The number of likely N-dealkylation sites (tertiary alicyclic amines) is 1. The Morgan fingerprint density at radius 1 is 1.18 bits per heavy atom. The number of carbonyl (C=O) groups is 1. The van der Waals surface area contributed by atoms with Crippen LogP contribution < -0.4 is 9.46 Å². The van der Waals surface area contributed by atoms with Crippen LogP contribution >= 0.6 is 0 Å². The van der Waals surface area contributed by atoms with Crippen LogP contribution in [-0.4, -0.2) is 39.4 Å². The van der Waals surface area contributed by atoms with Gasteiger partial charge in [0.15, 0.2) is 0 Å². The molecule has 0 unspecified atom stereocenters. The quantitative estimate of drug-likeness (QED) is 0.801. The van der Waals surface area contributed by atoms with Gasteiger partial charge in [-0.2, -0.15) is 0 Å². The Balaban J connectivity index is 1.99. The predicted molar refractivity (Wildman–Crippen MR) is 109 cm³/mol. The lowest BCUT2D eigenvalue weighted by atomic mass is 10.1. The van der Waals surface area contributed by atoms with Crippen molar-refractivity contribution in [1.82, 2.24) is 4.90 Å². The van der Waals surface area contributed by atoms with Crippen LogP contribution in [-0.2, 0) is 16.4 Å². The fourth-order valence-corrected chi connectivity index (χ4v) is 4.67. The molecule has 1 aliphatic rings. The number of sulfonamides is 1. The van der Waals surface area contributed by atoms with Gasteiger partial charge in [0, 0.05) is 13.1 Å².